The third-order valence-corrected chi connectivity index (χ3v) is 2.00. The van der Waals surface area contributed by atoms with Crippen LogP contribution in [0, 0.1) is 10.1 Å². The van der Waals surface area contributed by atoms with Crippen LogP contribution in [-0.2, 0) is 0 Å². The minimum Gasteiger partial charge on any atom is -0.401 e. The lowest BCUT2D eigenvalue weighted by Crippen LogP contribution is -1.82. The molecule has 2 aromatic rings. The summed E-state index contributed by atoms with van der Waals surface area (Å²) in [7, 11) is 0. The van der Waals surface area contributed by atoms with Gasteiger partial charge >= 0.3 is 5.88 Å². The second-order valence-corrected chi connectivity index (χ2v) is 2.90. The number of furan rings is 1. The van der Waals surface area contributed by atoms with Gasteiger partial charge in [-0.2, -0.15) is 0 Å². The summed E-state index contributed by atoms with van der Waals surface area (Å²) in [6.07, 6.45) is 0. The van der Waals surface area contributed by atoms with Crippen molar-refractivity contribution in [1.82, 2.24) is 0 Å². The molecule has 1 aromatic heterocycles. The zero-order chi connectivity index (χ0) is 9.42. The first kappa shape index (κ1) is 8.07. The van der Waals surface area contributed by atoms with E-state index in [1.54, 1.807) is 18.2 Å². The standard InChI is InChI=1S/C8H4ClNO3/c9-6-2-1-3-7-5(6)4-8(13-7)10(11)12/h1-4H. The Morgan fingerprint density at radius 1 is 1.46 bits per heavy atom. The first-order valence-electron chi connectivity index (χ1n) is 3.51. The summed E-state index contributed by atoms with van der Waals surface area (Å²) in [5.74, 6) is -0.289. The van der Waals surface area contributed by atoms with E-state index in [9.17, 15) is 10.1 Å². The number of nitro groups is 1. The second kappa shape index (κ2) is 2.74. The molecule has 1 aromatic carbocycles. The van der Waals surface area contributed by atoms with Crippen LogP contribution >= 0.6 is 11.6 Å². The van der Waals surface area contributed by atoms with Gasteiger partial charge in [0.25, 0.3) is 0 Å². The largest absolute Gasteiger partial charge is 0.434 e. The van der Waals surface area contributed by atoms with Gasteiger partial charge in [-0.15, -0.1) is 0 Å². The topological polar surface area (TPSA) is 56.3 Å². The Morgan fingerprint density at radius 3 is 2.85 bits per heavy atom. The maximum absolute atomic E-state index is 10.4. The van der Waals surface area contributed by atoms with Gasteiger partial charge in [-0.1, -0.05) is 17.7 Å². The normalized spacial score (nSPS) is 10.5. The van der Waals surface area contributed by atoms with Crippen molar-refractivity contribution < 1.29 is 9.34 Å². The van der Waals surface area contributed by atoms with E-state index in [2.05, 4.69) is 0 Å². The maximum atomic E-state index is 10.4. The molecule has 0 aliphatic rings. The lowest BCUT2D eigenvalue weighted by atomic mass is 10.2. The van der Waals surface area contributed by atoms with E-state index in [0.29, 0.717) is 16.0 Å². The molecule has 13 heavy (non-hydrogen) atoms. The molecular formula is C8H4ClNO3. The van der Waals surface area contributed by atoms with Gasteiger partial charge in [0.15, 0.2) is 0 Å². The van der Waals surface area contributed by atoms with Crippen molar-refractivity contribution in [3.05, 3.63) is 39.4 Å². The average molecular weight is 198 g/mol. The molecule has 0 atom stereocenters. The molecule has 0 bridgehead atoms. The molecule has 0 aliphatic heterocycles. The summed E-state index contributed by atoms with van der Waals surface area (Å²) < 4.78 is 4.93. The monoisotopic (exact) mass is 197 g/mol. The zero-order valence-corrected chi connectivity index (χ0v) is 7.12. The molecule has 0 N–H and O–H groups in total. The van der Waals surface area contributed by atoms with Crippen LogP contribution in [0.15, 0.2) is 28.7 Å². The van der Waals surface area contributed by atoms with Crippen LogP contribution in [0.3, 0.4) is 0 Å². The van der Waals surface area contributed by atoms with Crippen LogP contribution in [0.1, 0.15) is 0 Å². The summed E-state index contributed by atoms with van der Waals surface area (Å²) in [5, 5.41) is 11.4. The second-order valence-electron chi connectivity index (χ2n) is 2.49. The van der Waals surface area contributed by atoms with Gasteiger partial charge in [0, 0.05) is 5.39 Å². The van der Waals surface area contributed by atoms with E-state index >= 15 is 0 Å². The van der Waals surface area contributed by atoms with Crippen LogP contribution in [0.5, 0.6) is 0 Å². The van der Waals surface area contributed by atoms with Gasteiger partial charge in [0.2, 0.25) is 0 Å². The number of hydrogen-bond acceptors (Lipinski definition) is 3. The van der Waals surface area contributed by atoms with Crippen molar-refractivity contribution >= 4 is 28.5 Å². The van der Waals surface area contributed by atoms with Crippen molar-refractivity contribution in [1.29, 1.82) is 0 Å². The van der Waals surface area contributed by atoms with Crippen molar-refractivity contribution in [3.63, 3.8) is 0 Å². The van der Waals surface area contributed by atoms with Crippen molar-refractivity contribution in [3.8, 4) is 0 Å². The van der Waals surface area contributed by atoms with Gasteiger partial charge < -0.3 is 4.42 Å². The van der Waals surface area contributed by atoms with Crippen LogP contribution < -0.4 is 0 Å². The van der Waals surface area contributed by atoms with E-state index in [-0.39, 0.29) is 5.88 Å². The maximum Gasteiger partial charge on any atom is 0.434 e. The molecule has 2 rings (SSSR count). The van der Waals surface area contributed by atoms with Crippen molar-refractivity contribution in [2.24, 2.45) is 0 Å². The van der Waals surface area contributed by atoms with Crippen LogP contribution in [0.25, 0.3) is 11.0 Å². The molecule has 0 saturated carbocycles. The predicted molar refractivity (Wildman–Crippen MR) is 47.9 cm³/mol. The fourth-order valence-electron chi connectivity index (χ4n) is 1.10. The predicted octanol–water partition coefficient (Wildman–Crippen LogP) is 2.99. The Labute approximate surface area is 77.9 Å². The summed E-state index contributed by atoms with van der Waals surface area (Å²) in [6, 6.07) is 6.28. The average Bonchev–Trinajstić information content (AvgIpc) is 2.49. The lowest BCUT2D eigenvalue weighted by molar-refractivity contribution is -0.401. The minimum absolute atomic E-state index is 0.289. The molecule has 0 aliphatic carbocycles. The van der Waals surface area contributed by atoms with Crippen LogP contribution in [0.4, 0.5) is 5.88 Å². The number of benzene rings is 1. The summed E-state index contributed by atoms with van der Waals surface area (Å²) >= 11 is 5.79. The van der Waals surface area contributed by atoms with E-state index in [4.69, 9.17) is 16.0 Å². The molecule has 66 valence electrons. The molecule has 0 spiro atoms. The van der Waals surface area contributed by atoms with Crippen molar-refractivity contribution in [2.45, 2.75) is 0 Å². The zero-order valence-electron chi connectivity index (χ0n) is 6.36. The highest BCUT2D eigenvalue weighted by Gasteiger charge is 2.14. The van der Waals surface area contributed by atoms with E-state index in [0.717, 1.165) is 0 Å². The molecule has 5 heteroatoms. The van der Waals surface area contributed by atoms with Gasteiger partial charge in [0.05, 0.1) is 11.1 Å². The van der Waals surface area contributed by atoms with Crippen LogP contribution in [-0.4, -0.2) is 4.92 Å². The number of halogens is 1. The minimum atomic E-state index is -0.587. The third-order valence-electron chi connectivity index (χ3n) is 1.68. The number of nitrogens with zero attached hydrogens (tertiary/aromatic N) is 1. The number of rotatable bonds is 1. The van der Waals surface area contributed by atoms with Gasteiger partial charge in [-0.05, 0) is 12.1 Å². The molecule has 0 unspecified atom stereocenters. The third kappa shape index (κ3) is 1.25. The summed E-state index contributed by atoms with van der Waals surface area (Å²) in [6.45, 7) is 0. The van der Waals surface area contributed by atoms with Crippen LogP contribution in [0.2, 0.25) is 5.02 Å². The molecule has 0 amide bonds. The first-order chi connectivity index (χ1) is 6.18. The Balaban J connectivity index is 2.75. The Bertz CT molecular complexity index is 477. The Kier molecular flexibility index (Phi) is 1.70. The van der Waals surface area contributed by atoms with Gasteiger partial charge in [0.1, 0.15) is 10.5 Å². The Hall–Kier alpha value is -1.55. The summed E-state index contributed by atoms with van der Waals surface area (Å²) in [4.78, 5) is 9.76. The van der Waals surface area contributed by atoms with E-state index in [1.807, 2.05) is 0 Å². The smallest absolute Gasteiger partial charge is 0.401 e. The van der Waals surface area contributed by atoms with E-state index in [1.165, 1.54) is 6.07 Å². The fraction of sp³-hybridized carbons (Fsp3) is 0. The number of fused-ring (bicyclic) bond motifs is 1. The summed E-state index contributed by atoms with van der Waals surface area (Å²) in [5.41, 5.74) is 0.430. The fourth-order valence-corrected chi connectivity index (χ4v) is 1.32. The van der Waals surface area contributed by atoms with Gasteiger partial charge in [-0.25, -0.2) is 0 Å². The highest BCUT2D eigenvalue weighted by Crippen LogP contribution is 2.29. The van der Waals surface area contributed by atoms with Crippen molar-refractivity contribution in [2.75, 3.05) is 0 Å². The molecule has 4 nitrogen and oxygen atoms in total. The molecule has 0 fully saturated rings. The molecular weight excluding hydrogens is 194 g/mol. The number of hydrogen-bond donors (Lipinski definition) is 0. The molecule has 1 heterocycles. The lowest BCUT2D eigenvalue weighted by Gasteiger charge is -1.87. The SMILES string of the molecule is O=[N+]([O-])c1cc2c(Cl)cccc2o1. The Morgan fingerprint density at radius 2 is 2.23 bits per heavy atom. The quantitative estimate of drug-likeness (QED) is 0.522. The first-order valence-corrected chi connectivity index (χ1v) is 3.89. The highest BCUT2D eigenvalue weighted by molar-refractivity contribution is 6.35. The van der Waals surface area contributed by atoms with E-state index < -0.39 is 4.92 Å². The van der Waals surface area contributed by atoms with Gasteiger partial charge in [-0.3, -0.25) is 10.1 Å². The molecule has 0 radical (unpaired) electrons. The highest BCUT2D eigenvalue weighted by atomic mass is 35.5. The molecule has 0 saturated heterocycles.